The molecule has 1 saturated heterocycles. The zero-order valence-corrected chi connectivity index (χ0v) is 18.1. The Morgan fingerprint density at radius 3 is 2.19 bits per heavy atom. The molecule has 2 aromatic rings. The van der Waals surface area contributed by atoms with Gasteiger partial charge >= 0.3 is 0 Å². The van der Waals surface area contributed by atoms with Gasteiger partial charge in [-0.1, -0.05) is 44.5 Å². The van der Waals surface area contributed by atoms with E-state index in [1.807, 2.05) is 20.0 Å². The summed E-state index contributed by atoms with van der Waals surface area (Å²) >= 11 is 3.52. The highest BCUT2D eigenvalue weighted by Crippen LogP contribution is 2.33. The number of aromatic nitrogens is 1. The Labute approximate surface area is 167 Å². The van der Waals surface area contributed by atoms with Crippen molar-refractivity contribution in [3.05, 3.63) is 62.9 Å². The molecule has 26 heavy (non-hydrogen) atoms. The molecular formula is C22H32BrN3. The Morgan fingerprint density at radius 1 is 0.962 bits per heavy atom. The van der Waals surface area contributed by atoms with Crippen molar-refractivity contribution < 1.29 is 0 Å². The monoisotopic (exact) mass is 417 g/mol. The molecule has 2 N–H and O–H groups in total. The molecule has 2 aliphatic rings. The van der Waals surface area contributed by atoms with Gasteiger partial charge in [0.15, 0.2) is 0 Å². The van der Waals surface area contributed by atoms with E-state index in [0.717, 1.165) is 43.5 Å². The van der Waals surface area contributed by atoms with Crippen LogP contribution >= 0.6 is 15.9 Å². The fourth-order valence-electron chi connectivity index (χ4n) is 3.48. The summed E-state index contributed by atoms with van der Waals surface area (Å²) in [7, 11) is 0. The number of hydrogen-bond acceptors (Lipinski definition) is 3. The third-order valence-electron chi connectivity index (χ3n) is 4.76. The maximum atomic E-state index is 4.63. The van der Waals surface area contributed by atoms with Gasteiger partial charge in [0.25, 0.3) is 0 Å². The van der Waals surface area contributed by atoms with E-state index in [0.29, 0.717) is 5.92 Å². The van der Waals surface area contributed by atoms with Crippen LogP contribution in [0.2, 0.25) is 0 Å². The molecule has 0 radical (unpaired) electrons. The van der Waals surface area contributed by atoms with Gasteiger partial charge in [-0.15, -0.1) is 0 Å². The minimum absolute atomic E-state index is 0.395. The second-order valence-corrected chi connectivity index (χ2v) is 7.54. The minimum Gasteiger partial charge on any atom is -0.314 e. The predicted octanol–water partition coefficient (Wildman–Crippen LogP) is 4.61. The molecule has 0 unspecified atom stereocenters. The number of halogens is 1. The Kier molecular flexibility index (Phi) is 8.76. The van der Waals surface area contributed by atoms with Crippen molar-refractivity contribution >= 4 is 15.9 Å². The lowest BCUT2D eigenvalue weighted by molar-refractivity contribution is 0.534. The summed E-state index contributed by atoms with van der Waals surface area (Å²) < 4.78 is 1.08. The van der Waals surface area contributed by atoms with Gasteiger partial charge in [0, 0.05) is 42.8 Å². The van der Waals surface area contributed by atoms with Crippen LogP contribution in [0, 0.1) is 6.92 Å². The van der Waals surface area contributed by atoms with E-state index in [9.17, 15) is 0 Å². The lowest BCUT2D eigenvalue weighted by Gasteiger charge is -2.14. The lowest BCUT2D eigenvalue weighted by atomic mass is 9.92. The Balaban J connectivity index is 0.000000256. The average Bonchev–Trinajstić information content (AvgIpc) is 2.82. The van der Waals surface area contributed by atoms with E-state index < -0.39 is 0 Å². The van der Waals surface area contributed by atoms with Gasteiger partial charge < -0.3 is 10.6 Å². The van der Waals surface area contributed by atoms with Crippen LogP contribution in [0.15, 0.2) is 34.9 Å². The zero-order chi connectivity index (χ0) is 18.9. The third kappa shape index (κ3) is 5.63. The van der Waals surface area contributed by atoms with Crippen molar-refractivity contribution in [2.45, 2.75) is 46.5 Å². The Hall–Kier alpha value is -1.23. The van der Waals surface area contributed by atoms with Gasteiger partial charge in [-0.05, 0) is 58.5 Å². The highest BCUT2D eigenvalue weighted by Gasteiger charge is 2.21. The molecule has 3 nitrogen and oxygen atoms in total. The van der Waals surface area contributed by atoms with E-state index in [1.54, 1.807) is 0 Å². The molecule has 1 aromatic heterocycles. The van der Waals surface area contributed by atoms with E-state index in [-0.39, 0.29) is 0 Å². The Bertz CT molecular complexity index is 631. The summed E-state index contributed by atoms with van der Waals surface area (Å²) in [5, 5.41) is 6.44. The zero-order valence-electron chi connectivity index (χ0n) is 16.5. The highest BCUT2D eigenvalue weighted by molar-refractivity contribution is 9.10. The van der Waals surface area contributed by atoms with Crippen molar-refractivity contribution in [2.75, 3.05) is 26.2 Å². The highest BCUT2D eigenvalue weighted by atomic mass is 79.9. The molecule has 4 rings (SSSR count). The van der Waals surface area contributed by atoms with E-state index in [2.05, 4.69) is 69.7 Å². The van der Waals surface area contributed by atoms with Crippen molar-refractivity contribution in [3.8, 4) is 0 Å². The first-order chi connectivity index (χ1) is 12.6. The summed E-state index contributed by atoms with van der Waals surface area (Å²) in [5.41, 5.74) is 6.89. The number of pyridine rings is 1. The predicted molar refractivity (Wildman–Crippen MR) is 115 cm³/mol. The van der Waals surface area contributed by atoms with Crippen molar-refractivity contribution in [3.63, 3.8) is 0 Å². The van der Waals surface area contributed by atoms with Gasteiger partial charge in [0.2, 0.25) is 0 Å². The molecule has 1 atom stereocenters. The van der Waals surface area contributed by atoms with Crippen LogP contribution in [-0.2, 0) is 12.8 Å². The van der Waals surface area contributed by atoms with Crippen LogP contribution in [0.4, 0.5) is 0 Å². The second kappa shape index (κ2) is 10.8. The largest absolute Gasteiger partial charge is 0.314 e. The molecule has 0 spiro atoms. The Morgan fingerprint density at radius 2 is 1.58 bits per heavy atom. The maximum Gasteiger partial charge on any atom is 0.0508 e. The van der Waals surface area contributed by atoms with Crippen LogP contribution in [0.25, 0.3) is 0 Å². The van der Waals surface area contributed by atoms with Gasteiger partial charge in [0.1, 0.15) is 0 Å². The third-order valence-corrected chi connectivity index (χ3v) is 5.20. The van der Waals surface area contributed by atoms with Gasteiger partial charge in [-0.2, -0.15) is 0 Å². The SMILES string of the molecule is C1CNCCN1.CC.Cc1ccc2c(c1)CCc1cc(Br)cnc1[C@@H]2C. The molecule has 0 saturated carbocycles. The molecule has 142 valence electrons. The van der Waals surface area contributed by atoms with Crippen molar-refractivity contribution in [1.82, 2.24) is 15.6 Å². The van der Waals surface area contributed by atoms with Crippen molar-refractivity contribution in [2.24, 2.45) is 0 Å². The van der Waals surface area contributed by atoms with E-state index >= 15 is 0 Å². The molecule has 4 heteroatoms. The summed E-state index contributed by atoms with van der Waals surface area (Å²) in [6, 6.07) is 9.03. The summed E-state index contributed by atoms with van der Waals surface area (Å²) in [6.45, 7) is 13.0. The standard InChI is InChI=1S/C16H16BrN.C4H10N2.C2H6/c1-10-3-6-15-11(2)16-13(5-4-12(15)7-10)8-14(17)9-18-16;1-2-6-4-3-5-1;1-2/h3,6-9,11H,4-5H2,1-2H3;5-6H,1-4H2;1-2H3/t11-;;/m1../s1. The molecule has 0 amide bonds. The molecular weight excluding hydrogens is 386 g/mol. The van der Waals surface area contributed by atoms with Crippen LogP contribution in [0.1, 0.15) is 54.6 Å². The van der Waals surface area contributed by atoms with Gasteiger partial charge in [-0.25, -0.2) is 0 Å². The summed E-state index contributed by atoms with van der Waals surface area (Å²) in [4.78, 5) is 4.63. The molecule has 2 heterocycles. The number of aryl methyl sites for hydroxylation is 3. The normalized spacial score (nSPS) is 18.1. The second-order valence-electron chi connectivity index (χ2n) is 6.62. The van der Waals surface area contributed by atoms with Crippen LogP contribution in [0.5, 0.6) is 0 Å². The first-order valence-corrected chi connectivity index (χ1v) is 10.6. The smallest absolute Gasteiger partial charge is 0.0508 e. The minimum atomic E-state index is 0.395. The van der Waals surface area contributed by atoms with Gasteiger partial charge in [-0.3, -0.25) is 4.98 Å². The summed E-state index contributed by atoms with van der Waals surface area (Å²) in [5.74, 6) is 0.395. The average molecular weight is 418 g/mol. The molecule has 0 bridgehead atoms. The number of piperazine rings is 1. The number of hydrogen-bond donors (Lipinski definition) is 2. The lowest BCUT2D eigenvalue weighted by Crippen LogP contribution is -2.39. The molecule has 1 fully saturated rings. The number of nitrogens with zero attached hydrogens (tertiary/aromatic N) is 1. The van der Waals surface area contributed by atoms with Gasteiger partial charge in [0.05, 0.1) is 5.69 Å². The number of rotatable bonds is 0. The first-order valence-electron chi connectivity index (χ1n) is 9.80. The van der Waals surface area contributed by atoms with Crippen LogP contribution in [0.3, 0.4) is 0 Å². The summed E-state index contributed by atoms with van der Waals surface area (Å²) in [6.07, 6.45) is 4.11. The van der Waals surface area contributed by atoms with Crippen LogP contribution < -0.4 is 10.6 Å². The fraction of sp³-hybridized carbons (Fsp3) is 0.500. The topological polar surface area (TPSA) is 37.0 Å². The fourth-order valence-corrected chi connectivity index (χ4v) is 3.85. The first kappa shape index (κ1) is 21.1. The maximum absolute atomic E-state index is 4.63. The quantitative estimate of drug-likeness (QED) is 0.656. The number of fused-ring (bicyclic) bond motifs is 2. The number of benzene rings is 1. The van der Waals surface area contributed by atoms with E-state index in [1.165, 1.54) is 27.9 Å². The molecule has 1 aliphatic heterocycles. The molecule has 1 aromatic carbocycles. The van der Waals surface area contributed by atoms with E-state index in [4.69, 9.17) is 0 Å². The molecule has 1 aliphatic carbocycles. The van der Waals surface area contributed by atoms with Crippen molar-refractivity contribution in [1.29, 1.82) is 0 Å². The van der Waals surface area contributed by atoms with Crippen LogP contribution in [-0.4, -0.2) is 31.2 Å². The number of nitrogens with one attached hydrogen (secondary N) is 2.